The van der Waals surface area contributed by atoms with E-state index in [2.05, 4.69) is 25.1 Å². The number of hydrogen-bond donors (Lipinski definition) is 2. The third-order valence-corrected chi connectivity index (χ3v) is 11.7. The summed E-state index contributed by atoms with van der Waals surface area (Å²) in [6.07, 6.45) is 2.76. The standard InChI is InChI=1S/C35H38ClF3N6O4S/c1-34(2,3)49-33(47)43-32-41-28-21(7-8-24(38)29(28)50-32)25-23(36)13-22-27(26(25)39)40-31(48-16-35-9-4-10-44(35)15-17(37)14-35)42-30(22)45-18-5-6-19(45)12-20(46)11-18/h7-8,13,17-20,46H,4-6,9-12,14-16H2,1-3H3,(H,41,43,47)/t17-,18?,19?,20?,35+/m1/s1. The number of halogens is 4. The number of amides is 1. The molecular formula is C35H38ClF3N6O4S. The van der Waals surface area contributed by atoms with Crippen molar-refractivity contribution in [3.63, 3.8) is 0 Å². The number of piperidine rings is 1. The lowest BCUT2D eigenvalue weighted by Crippen LogP contribution is -2.45. The van der Waals surface area contributed by atoms with Gasteiger partial charge in [0.2, 0.25) is 0 Å². The maximum Gasteiger partial charge on any atom is 0.413 e. The number of hydrogen-bond acceptors (Lipinski definition) is 10. The molecule has 2 unspecified atom stereocenters. The highest BCUT2D eigenvalue weighted by molar-refractivity contribution is 7.22. The zero-order chi connectivity index (χ0) is 35.1. The Bertz CT molecular complexity index is 2000. The van der Waals surface area contributed by atoms with Gasteiger partial charge in [-0.3, -0.25) is 10.2 Å². The molecule has 8 rings (SSSR count). The van der Waals surface area contributed by atoms with Crippen molar-refractivity contribution in [2.24, 2.45) is 0 Å². The summed E-state index contributed by atoms with van der Waals surface area (Å²) < 4.78 is 58.5. The Labute approximate surface area is 295 Å². The zero-order valence-electron chi connectivity index (χ0n) is 27.9. The minimum Gasteiger partial charge on any atom is -0.461 e. The number of fused-ring (bicyclic) bond motifs is 5. The molecule has 0 saturated carbocycles. The molecule has 2 bridgehead atoms. The average molecular weight is 731 g/mol. The van der Waals surface area contributed by atoms with E-state index >= 15 is 8.78 Å². The van der Waals surface area contributed by atoms with E-state index in [0.717, 1.165) is 43.6 Å². The van der Waals surface area contributed by atoms with Crippen molar-refractivity contribution in [1.29, 1.82) is 0 Å². The molecule has 6 heterocycles. The largest absolute Gasteiger partial charge is 0.461 e. The number of aliphatic hydroxyl groups is 1. The molecule has 15 heteroatoms. The number of anilines is 2. The number of aromatic nitrogens is 3. The van der Waals surface area contributed by atoms with Crippen molar-refractivity contribution < 1.29 is 32.5 Å². The number of thiazole rings is 1. The van der Waals surface area contributed by atoms with Crippen LogP contribution >= 0.6 is 22.9 Å². The van der Waals surface area contributed by atoms with Crippen molar-refractivity contribution in [2.45, 2.75) is 101 Å². The molecular weight excluding hydrogens is 693 g/mol. The molecule has 0 radical (unpaired) electrons. The second-order valence-corrected chi connectivity index (χ2v) is 16.4. The highest BCUT2D eigenvalue weighted by Gasteiger charge is 2.49. The number of nitrogens with one attached hydrogen (secondary N) is 1. The van der Waals surface area contributed by atoms with Gasteiger partial charge in [-0.15, -0.1) is 0 Å². The molecule has 10 nitrogen and oxygen atoms in total. The first-order chi connectivity index (χ1) is 23.8. The molecule has 0 aliphatic carbocycles. The Kier molecular flexibility index (Phi) is 8.31. The van der Waals surface area contributed by atoms with E-state index in [-0.39, 0.29) is 61.7 Å². The quantitative estimate of drug-likeness (QED) is 0.207. The Balaban J connectivity index is 1.23. The van der Waals surface area contributed by atoms with Gasteiger partial charge in [0.05, 0.1) is 26.9 Å². The van der Waals surface area contributed by atoms with E-state index in [1.165, 1.54) is 12.1 Å². The Hall–Kier alpha value is -3.46. The van der Waals surface area contributed by atoms with E-state index < -0.39 is 41.1 Å². The van der Waals surface area contributed by atoms with Crippen LogP contribution in [0.25, 0.3) is 32.2 Å². The summed E-state index contributed by atoms with van der Waals surface area (Å²) in [6.45, 7) is 6.47. The van der Waals surface area contributed by atoms with Gasteiger partial charge in [0.1, 0.15) is 35.5 Å². The van der Waals surface area contributed by atoms with Crippen molar-refractivity contribution in [1.82, 2.24) is 19.9 Å². The minimum absolute atomic E-state index is 0.00937. The molecule has 2 N–H and O–H groups in total. The Morgan fingerprint density at radius 3 is 2.66 bits per heavy atom. The first kappa shape index (κ1) is 33.7. The summed E-state index contributed by atoms with van der Waals surface area (Å²) in [4.78, 5) is 30.6. The lowest BCUT2D eigenvalue weighted by molar-refractivity contribution is 0.0636. The first-order valence-electron chi connectivity index (χ1n) is 17.1. The second kappa shape index (κ2) is 12.3. The van der Waals surface area contributed by atoms with Gasteiger partial charge in [-0.25, -0.2) is 22.9 Å². The van der Waals surface area contributed by atoms with Crippen molar-refractivity contribution in [3.8, 4) is 17.1 Å². The van der Waals surface area contributed by atoms with Crippen LogP contribution in [-0.4, -0.2) is 86.2 Å². The monoisotopic (exact) mass is 730 g/mol. The highest BCUT2D eigenvalue weighted by Crippen LogP contribution is 2.47. The lowest BCUT2D eigenvalue weighted by atomic mass is 9.95. The number of aliphatic hydroxyl groups excluding tert-OH is 1. The Morgan fingerprint density at radius 2 is 1.92 bits per heavy atom. The van der Waals surface area contributed by atoms with Gasteiger partial charge in [0, 0.05) is 41.6 Å². The third-order valence-electron chi connectivity index (χ3n) is 10.4. The van der Waals surface area contributed by atoms with E-state index in [1.807, 2.05) is 0 Å². The number of nitrogens with zero attached hydrogens (tertiary/aromatic N) is 5. The van der Waals surface area contributed by atoms with Crippen LogP contribution in [0.2, 0.25) is 5.02 Å². The Morgan fingerprint density at radius 1 is 1.16 bits per heavy atom. The van der Waals surface area contributed by atoms with Crippen LogP contribution in [0.4, 0.5) is 28.9 Å². The summed E-state index contributed by atoms with van der Waals surface area (Å²) in [6, 6.07) is 4.17. The van der Waals surface area contributed by atoms with Gasteiger partial charge < -0.3 is 19.5 Å². The van der Waals surface area contributed by atoms with E-state index in [1.54, 1.807) is 26.8 Å². The van der Waals surface area contributed by atoms with Crippen molar-refractivity contribution in [3.05, 3.63) is 34.9 Å². The van der Waals surface area contributed by atoms with Crippen LogP contribution in [-0.2, 0) is 4.74 Å². The summed E-state index contributed by atoms with van der Waals surface area (Å²) in [7, 11) is 0. The highest BCUT2D eigenvalue weighted by atomic mass is 35.5. The zero-order valence-corrected chi connectivity index (χ0v) is 29.5. The van der Waals surface area contributed by atoms with Crippen LogP contribution in [0.3, 0.4) is 0 Å². The van der Waals surface area contributed by atoms with Crippen LogP contribution < -0.4 is 15.0 Å². The fourth-order valence-corrected chi connectivity index (χ4v) is 9.61. The molecule has 266 valence electrons. The summed E-state index contributed by atoms with van der Waals surface area (Å²) in [5.74, 6) is -0.894. The third kappa shape index (κ3) is 5.91. The number of carbonyl (C=O) groups excluding carboxylic acids is 1. The molecule has 50 heavy (non-hydrogen) atoms. The average Bonchev–Trinajstić information content (AvgIpc) is 3.76. The topological polar surface area (TPSA) is 113 Å². The van der Waals surface area contributed by atoms with E-state index in [0.29, 0.717) is 37.0 Å². The molecule has 4 atom stereocenters. The molecule has 4 fully saturated rings. The molecule has 1 amide bonds. The van der Waals surface area contributed by atoms with Gasteiger partial charge >= 0.3 is 12.1 Å². The number of ether oxygens (including phenoxy) is 2. The molecule has 0 spiro atoms. The van der Waals surface area contributed by atoms with Crippen LogP contribution in [0.5, 0.6) is 6.01 Å². The van der Waals surface area contributed by atoms with Gasteiger partial charge in [-0.1, -0.05) is 22.9 Å². The van der Waals surface area contributed by atoms with Gasteiger partial charge in [-0.2, -0.15) is 9.97 Å². The van der Waals surface area contributed by atoms with E-state index in [9.17, 15) is 14.3 Å². The molecule has 4 saturated heterocycles. The first-order valence-corrected chi connectivity index (χ1v) is 18.3. The molecule has 4 aliphatic rings. The van der Waals surface area contributed by atoms with Crippen LogP contribution in [0.15, 0.2) is 18.2 Å². The molecule has 2 aromatic carbocycles. The molecule has 2 aromatic heterocycles. The maximum atomic E-state index is 17.1. The number of benzene rings is 2. The smallest absolute Gasteiger partial charge is 0.413 e. The lowest BCUT2D eigenvalue weighted by Gasteiger charge is -2.38. The number of alkyl halides is 1. The number of carbonyl (C=O) groups is 1. The van der Waals surface area contributed by atoms with Gasteiger partial charge in [-0.05, 0) is 84.0 Å². The van der Waals surface area contributed by atoms with E-state index in [4.69, 9.17) is 26.1 Å². The number of rotatable bonds is 6. The minimum atomic E-state index is -0.942. The normalized spacial score (nSPS) is 26.6. The fraction of sp³-hybridized carbons (Fsp3) is 0.543. The molecule has 4 aromatic rings. The van der Waals surface area contributed by atoms with Gasteiger partial charge in [0.15, 0.2) is 10.9 Å². The summed E-state index contributed by atoms with van der Waals surface area (Å²) >= 11 is 7.79. The fourth-order valence-electron chi connectivity index (χ4n) is 8.43. The molecule has 4 aliphatic heterocycles. The summed E-state index contributed by atoms with van der Waals surface area (Å²) in [5, 5.41) is 13.6. The maximum absolute atomic E-state index is 17.1. The van der Waals surface area contributed by atoms with Crippen molar-refractivity contribution in [2.75, 3.05) is 29.9 Å². The van der Waals surface area contributed by atoms with Crippen LogP contribution in [0, 0.1) is 11.6 Å². The SMILES string of the molecule is CC(C)(C)OC(=O)Nc1nc2c(-c3c(Cl)cc4c(N5C6CCC5CC(O)C6)nc(OC[C@@]56CCCN5C[C@H](F)C6)nc4c3F)ccc(F)c2s1. The predicted molar refractivity (Wildman–Crippen MR) is 186 cm³/mol. The van der Waals surface area contributed by atoms with Crippen LogP contribution in [0.1, 0.15) is 65.7 Å². The summed E-state index contributed by atoms with van der Waals surface area (Å²) in [5.41, 5.74) is -0.988. The second-order valence-electron chi connectivity index (χ2n) is 15.0. The van der Waals surface area contributed by atoms with Gasteiger partial charge in [0.25, 0.3) is 0 Å². The predicted octanol–water partition coefficient (Wildman–Crippen LogP) is 7.63. The van der Waals surface area contributed by atoms with Crippen molar-refractivity contribution >= 4 is 61.1 Å².